The molecule has 0 aliphatic carbocycles. The SMILES string of the molecule is COc1ccc(S(N)(=O)=O)cc1C(=O)NCc1ccc(Cn2cccn2)cc1. The van der Waals surface area contributed by atoms with E-state index in [-0.39, 0.29) is 22.8 Å². The molecule has 0 unspecified atom stereocenters. The van der Waals surface area contributed by atoms with Crippen LogP contribution in [0.1, 0.15) is 21.5 Å². The van der Waals surface area contributed by atoms with Crippen molar-refractivity contribution >= 4 is 15.9 Å². The number of ether oxygens (including phenoxy) is 1. The molecule has 0 atom stereocenters. The molecular weight excluding hydrogens is 380 g/mol. The summed E-state index contributed by atoms with van der Waals surface area (Å²) in [7, 11) is -2.52. The Balaban J connectivity index is 1.68. The Kier molecular flexibility index (Phi) is 5.76. The summed E-state index contributed by atoms with van der Waals surface area (Å²) in [5.74, 6) is -0.192. The van der Waals surface area contributed by atoms with E-state index < -0.39 is 15.9 Å². The standard InChI is InChI=1S/C19H20N4O4S/c1-27-18-8-7-16(28(20,25)26)11-17(18)19(24)21-12-14-3-5-15(6-4-14)13-23-10-2-9-22-23/h2-11H,12-13H2,1H3,(H,21,24)(H2,20,25,26). The molecule has 3 aromatic rings. The van der Waals surface area contributed by atoms with E-state index in [1.54, 1.807) is 6.20 Å². The van der Waals surface area contributed by atoms with E-state index in [4.69, 9.17) is 9.88 Å². The summed E-state index contributed by atoms with van der Waals surface area (Å²) >= 11 is 0. The smallest absolute Gasteiger partial charge is 0.255 e. The number of aromatic nitrogens is 2. The zero-order chi connectivity index (χ0) is 20.1. The minimum atomic E-state index is -3.92. The number of hydrogen-bond donors (Lipinski definition) is 2. The summed E-state index contributed by atoms with van der Waals surface area (Å²) in [6, 6.07) is 13.5. The molecule has 1 aromatic heterocycles. The summed E-state index contributed by atoms with van der Waals surface area (Å²) in [5, 5.41) is 12.1. The molecule has 3 rings (SSSR count). The summed E-state index contributed by atoms with van der Waals surface area (Å²) in [6.45, 7) is 0.945. The van der Waals surface area contributed by atoms with E-state index >= 15 is 0 Å². The van der Waals surface area contributed by atoms with Crippen molar-refractivity contribution in [1.29, 1.82) is 0 Å². The third-order valence-electron chi connectivity index (χ3n) is 4.12. The van der Waals surface area contributed by atoms with Crippen LogP contribution in [0, 0.1) is 0 Å². The van der Waals surface area contributed by atoms with Gasteiger partial charge in [0, 0.05) is 18.9 Å². The first-order valence-electron chi connectivity index (χ1n) is 8.41. The molecule has 28 heavy (non-hydrogen) atoms. The van der Waals surface area contributed by atoms with Gasteiger partial charge >= 0.3 is 0 Å². The predicted octanol–water partition coefficient (Wildman–Crippen LogP) is 1.52. The molecule has 0 saturated carbocycles. The zero-order valence-corrected chi connectivity index (χ0v) is 16.0. The van der Waals surface area contributed by atoms with Gasteiger partial charge in [0.05, 0.1) is 24.1 Å². The highest BCUT2D eigenvalue weighted by Gasteiger charge is 2.17. The van der Waals surface area contributed by atoms with Crippen LogP contribution in [0.25, 0.3) is 0 Å². The largest absolute Gasteiger partial charge is 0.496 e. The highest BCUT2D eigenvalue weighted by Crippen LogP contribution is 2.22. The first-order chi connectivity index (χ1) is 13.4. The summed E-state index contributed by atoms with van der Waals surface area (Å²) < 4.78 is 30.0. The number of primary sulfonamides is 1. The van der Waals surface area contributed by atoms with E-state index in [9.17, 15) is 13.2 Å². The van der Waals surface area contributed by atoms with Crippen LogP contribution in [0.5, 0.6) is 5.75 Å². The van der Waals surface area contributed by atoms with Gasteiger partial charge in [-0.15, -0.1) is 0 Å². The molecule has 0 radical (unpaired) electrons. The van der Waals surface area contributed by atoms with Gasteiger partial charge < -0.3 is 10.1 Å². The average Bonchev–Trinajstić information content (AvgIpc) is 3.19. The predicted molar refractivity (Wildman–Crippen MR) is 103 cm³/mol. The van der Waals surface area contributed by atoms with E-state index in [2.05, 4.69) is 10.4 Å². The van der Waals surface area contributed by atoms with Crippen molar-refractivity contribution in [3.05, 3.63) is 77.6 Å². The molecule has 0 saturated heterocycles. The third-order valence-corrected chi connectivity index (χ3v) is 5.03. The van der Waals surface area contributed by atoms with Crippen LogP contribution in [-0.4, -0.2) is 31.2 Å². The Labute approximate surface area is 163 Å². The second kappa shape index (κ2) is 8.24. The fraction of sp³-hybridized carbons (Fsp3) is 0.158. The van der Waals surface area contributed by atoms with Crippen LogP contribution in [0.4, 0.5) is 0 Å². The molecule has 1 amide bonds. The molecule has 1 heterocycles. The minimum absolute atomic E-state index is 0.101. The molecule has 146 valence electrons. The minimum Gasteiger partial charge on any atom is -0.496 e. The third kappa shape index (κ3) is 4.76. The highest BCUT2D eigenvalue weighted by atomic mass is 32.2. The van der Waals surface area contributed by atoms with E-state index in [1.165, 1.54) is 25.3 Å². The van der Waals surface area contributed by atoms with Crippen molar-refractivity contribution in [2.24, 2.45) is 5.14 Å². The zero-order valence-electron chi connectivity index (χ0n) is 15.2. The normalized spacial score (nSPS) is 11.2. The van der Waals surface area contributed by atoms with Crippen LogP contribution in [0.3, 0.4) is 0 Å². The van der Waals surface area contributed by atoms with Gasteiger partial charge in [0.15, 0.2) is 0 Å². The number of nitrogens with one attached hydrogen (secondary N) is 1. The van der Waals surface area contributed by atoms with Gasteiger partial charge in [-0.05, 0) is 35.4 Å². The first-order valence-corrected chi connectivity index (χ1v) is 9.96. The maximum absolute atomic E-state index is 12.5. The van der Waals surface area contributed by atoms with Crippen molar-refractivity contribution in [1.82, 2.24) is 15.1 Å². The van der Waals surface area contributed by atoms with Crippen molar-refractivity contribution in [2.45, 2.75) is 18.0 Å². The Hall–Kier alpha value is -3.17. The van der Waals surface area contributed by atoms with E-state index in [1.807, 2.05) is 41.2 Å². The van der Waals surface area contributed by atoms with Gasteiger partial charge in [-0.2, -0.15) is 5.10 Å². The number of benzene rings is 2. The van der Waals surface area contributed by atoms with E-state index in [0.717, 1.165) is 11.1 Å². The van der Waals surface area contributed by atoms with Gasteiger partial charge in [0.1, 0.15) is 5.75 Å². The van der Waals surface area contributed by atoms with Crippen LogP contribution in [0.2, 0.25) is 0 Å². The first kappa shape index (κ1) is 19.6. The maximum Gasteiger partial charge on any atom is 0.255 e. The van der Waals surface area contributed by atoms with E-state index in [0.29, 0.717) is 6.54 Å². The van der Waals surface area contributed by atoms with Crippen molar-refractivity contribution in [2.75, 3.05) is 7.11 Å². The molecule has 3 N–H and O–H groups in total. The topological polar surface area (TPSA) is 116 Å². The lowest BCUT2D eigenvalue weighted by Gasteiger charge is -2.11. The lowest BCUT2D eigenvalue weighted by atomic mass is 10.1. The number of sulfonamides is 1. The number of carbonyl (C=O) groups excluding carboxylic acids is 1. The molecule has 2 aromatic carbocycles. The molecule has 9 heteroatoms. The van der Waals surface area contributed by atoms with Crippen LogP contribution in [-0.2, 0) is 23.1 Å². The number of rotatable bonds is 7. The number of carbonyl (C=O) groups is 1. The molecule has 8 nitrogen and oxygen atoms in total. The summed E-state index contributed by atoms with van der Waals surface area (Å²) in [6.07, 6.45) is 3.61. The van der Waals surface area contributed by atoms with Gasteiger partial charge in [-0.1, -0.05) is 24.3 Å². The van der Waals surface area contributed by atoms with Crippen molar-refractivity contribution < 1.29 is 17.9 Å². The number of hydrogen-bond acceptors (Lipinski definition) is 5. The van der Waals surface area contributed by atoms with Crippen LogP contribution >= 0.6 is 0 Å². The molecule has 0 aliphatic rings. The molecule has 0 bridgehead atoms. The van der Waals surface area contributed by atoms with Gasteiger partial charge in [-0.25, -0.2) is 13.6 Å². The molecule has 0 fully saturated rings. The number of methoxy groups -OCH3 is 1. The number of nitrogens with zero attached hydrogens (tertiary/aromatic N) is 2. The average molecular weight is 400 g/mol. The van der Waals surface area contributed by atoms with Crippen molar-refractivity contribution in [3.63, 3.8) is 0 Å². The lowest BCUT2D eigenvalue weighted by Crippen LogP contribution is -2.24. The second-order valence-corrected chi connectivity index (χ2v) is 7.67. The van der Waals surface area contributed by atoms with Gasteiger partial charge in [-0.3, -0.25) is 9.48 Å². The number of nitrogens with two attached hydrogens (primary N) is 1. The quantitative estimate of drug-likeness (QED) is 0.624. The van der Waals surface area contributed by atoms with Gasteiger partial charge in [0.2, 0.25) is 10.0 Å². The number of amides is 1. The Morgan fingerprint density at radius 1 is 1.18 bits per heavy atom. The van der Waals surface area contributed by atoms with Crippen LogP contribution < -0.4 is 15.2 Å². The maximum atomic E-state index is 12.5. The van der Waals surface area contributed by atoms with Gasteiger partial charge in [0.25, 0.3) is 5.91 Å². The Bertz CT molecular complexity index is 1060. The molecule has 0 spiro atoms. The van der Waals surface area contributed by atoms with Crippen molar-refractivity contribution in [3.8, 4) is 5.75 Å². The fourth-order valence-electron chi connectivity index (χ4n) is 2.66. The summed E-state index contributed by atoms with van der Waals surface area (Å²) in [5.41, 5.74) is 2.09. The Morgan fingerprint density at radius 2 is 1.89 bits per heavy atom. The fourth-order valence-corrected chi connectivity index (χ4v) is 3.20. The molecular formula is C19H20N4O4S. The Morgan fingerprint density at radius 3 is 2.50 bits per heavy atom. The summed E-state index contributed by atoms with van der Waals surface area (Å²) in [4.78, 5) is 12.4. The van der Waals surface area contributed by atoms with Crippen LogP contribution in [0.15, 0.2) is 65.8 Å². The monoisotopic (exact) mass is 400 g/mol. The molecule has 0 aliphatic heterocycles. The second-order valence-electron chi connectivity index (χ2n) is 6.11. The lowest BCUT2D eigenvalue weighted by molar-refractivity contribution is 0.0947. The highest BCUT2D eigenvalue weighted by molar-refractivity contribution is 7.89.